The molecule has 0 saturated heterocycles. The molecule has 0 unspecified atom stereocenters. The van der Waals surface area contributed by atoms with E-state index in [0.29, 0.717) is 0 Å². The maximum atomic E-state index is 12.2. The van der Waals surface area contributed by atoms with Gasteiger partial charge < -0.3 is 19.8 Å². The van der Waals surface area contributed by atoms with Gasteiger partial charge in [-0.05, 0) is 47.6 Å². The maximum Gasteiger partial charge on any atom is 0.331 e. The molecule has 0 aliphatic rings. The number of hydrogen-bond acceptors (Lipinski definition) is 4. The van der Waals surface area contributed by atoms with Gasteiger partial charge in [-0.1, -0.05) is 0 Å². The first kappa shape index (κ1) is 16.6. The van der Waals surface area contributed by atoms with Crippen molar-refractivity contribution in [3.05, 3.63) is 18.5 Å². The summed E-state index contributed by atoms with van der Waals surface area (Å²) in [5.41, 5.74) is 0.00938. The summed E-state index contributed by atoms with van der Waals surface area (Å²) in [6, 6.07) is 1.32. The van der Waals surface area contributed by atoms with Crippen molar-refractivity contribution in [2.45, 2.75) is 58.8 Å². The molecule has 114 valence electrons. The molecule has 5 nitrogen and oxygen atoms in total. The molecule has 1 aromatic rings. The molecule has 1 atom stereocenters. The lowest BCUT2D eigenvalue weighted by Gasteiger charge is -2.27. The SMILES string of the molecule is CC(C)(C)OC[C@H](Nc1cc[nH]c1)C(=O)OC(C)(C)C. The molecule has 1 rings (SSSR count). The van der Waals surface area contributed by atoms with Gasteiger partial charge >= 0.3 is 5.97 Å². The van der Waals surface area contributed by atoms with Gasteiger partial charge in [0.2, 0.25) is 0 Å². The zero-order chi connectivity index (χ0) is 15.4. The average molecular weight is 282 g/mol. The third-order valence-electron chi connectivity index (χ3n) is 2.31. The second-order valence-electron chi connectivity index (χ2n) is 6.75. The summed E-state index contributed by atoms with van der Waals surface area (Å²) >= 11 is 0. The van der Waals surface area contributed by atoms with Gasteiger partial charge in [-0.25, -0.2) is 4.79 Å². The zero-order valence-electron chi connectivity index (χ0n) is 13.2. The van der Waals surface area contributed by atoms with Crippen molar-refractivity contribution in [1.82, 2.24) is 4.98 Å². The van der Waals surface area contributed by atoms with Crippen LogP contribution in [-0.4, -0.2) is 34.8 Å². The molecular weight excluding hydrogens is 256 g/mol. The fraction of sp³-hybridized carbons (Fsp3) is 0.667. The van der Waals surface area contributed by atoms with Crippen LogP contribution < -0.4 is 5.32 Å². The van der Waals surface area contributed by atoms with Gasteiger partial charge in [0.1, 0.15) is 11.6 Å². The Morgan fingerprint density at radius 2 is 1.90 bits per heavy atom. The van der Waals surface area contributed by atoms with Gasteiger partial charge in [-0.3, -0.25) is 0 Å². The number of hydrogen-bond donors (Lipinski definition) is 2. The number of aromatic amines is 1. The van der Waals surface area contributed by atoms with E-state index in [1.807, 2.05) is 47.6 Å². The Kier molecular flexibility index (Phi) is 5.22. The van der Waals surface area contributed by atoms with Gasteiger partial charge in [-0.15, -0.1) is 0 Å². The molecule has 0 amide bonds. The Bertz CT molecular complexity index is 413. The van der Waals surface area contributed by atoms with Crippen molar-refractivity contribution in [2.75, 3.05) is 11.9 Å². The van der Waals surface area contributed by atoms with Crippen LogP contribution in [0.25, 0.3) is 0 Å². The highest BCUT2D eigenvalue weighted by Gasteiger charge is 2.27. The van der Waals surface area contributed by atoms with Crippen molar-refractivity contribution in [1.29, 1.82) is 0 Å². The predicted octanol–water partition coefficient (Wildman–Crippen LogP) is 2.95. The van der Waals surface area contributed by atoms with E-state index in [9.17, 15) is 4.79 Å². The van der Waals surface area contributed by atoms with E-state index in [4.69, 9.17) is 9.47 Å². The minimum absolute atomic E-state index is 0.254. The normalized spacial score (nSPS) is 13.9. The second kappa shape index (κ2) is 6.31. The highest BCUT2D eigenvalue weighted by molar-refractivity contribution is 5.79. The zero-order valence-corrected chi connectivity index (χ0v) is 13.2. The van der Waals surface area contributed by atoms with Crippen molar-refractivity contribution in [2.24, 2.45) is 0 Å². The molecule has 0 bridgehead atoms. The Morgan fingerprint density at radius 3 is 2.35 bits per heavy atom. The van der Waals surface area contributed by atoms with Crippen LogP contribution in [0.4, 0.5) is 5.69 Å². The van der Waals surface area contributed by atoms with E-state index in [1.165, 1.54) is 0 Å². The fourth-order valence-electron chi connectivity index (χ4n) is 1.49. The number of anilines is 1. The van der Waals surface area contributed by atoms with Gasteiger partial charge in [0.25, 0.3) is 0 Å². The maximum absolute atomic E-state index is 12.2. The minimum atomic E-state index is -0.538. The van der Waals surface area contributed by atoms with Gasteiger partial charge in [0, 0.05) is 12.4 Å². The third kappa shape index (κ3) is 6.61. The minimum Gasteiger partial charge on any atom is -0.458 e. The van der Waals surface area contributed by atoms with E-state index in [1.54, 1.807) is 12.4 Å². The average Bonchev–Trinajstić information content (AvgIpc) is 2.72. The number of ether oxygens (including phenoxy) is 2. The lowest BCUT2D eigenvalue weighted by atomic mass is 10.1. The molecular formula is C15H26N2O3. The van der Waals surface area contributed by atoms with E-state index >= 15 is 0 Å². The van der Waals surface area contributed by atoms with Crippen LogP contribution in [0, 0.1) is 0 Å². The summed E-state index contributed by atoms with van der Waals surface area (Å²) in [7, 11) is 0. The van der Waals surface area contributed by atoms with E-state index in [-0.39, 0.29) is 18.2 Å². The molecule has 0 spiro atoms. The molecule has 5 heteroatoms. The van der Waals surface area contributed by atoms with E-state index in [2.05, 4.69) is 10.3 Å². The van der Waals surface area contributed by atoms with Crippen LogP contribution in [0.15, 0.2) is 18.5 Å². The van der Waals surface area contributed by atoms with Crippen LogP contribution in [0.3, 0.4) is 0 Å². The number of nitrogens with one attached hydrogen (secondary N) is 2. The standard InChI is InChI=1S/C15H26N2O3/c1-14(2,3)19-10-12(13(18)20-15(4,5)6)17-11-7-8-16-9-11/h7-9,12,16-17H,10H2,1-6H3/t12-/m0/s1. The first-order chi connectivity index (χ1) is 9.07. The molecule has 0 fully saturated rings. The molecule has 0 radical (unpaired) electrons. The highest BCUT2D eigenvalue weighted by Crippen LogP contribution is 2.15. The topological polar surface area (TPSA) is 63.3 Å². The molecule has 1 heterocycles. The quantitative estimate of drug-likeness (QED) is 0.815. The predicted molar refractivity (Wildman–Crippen MR) is 79.8 cm³/mol. The third-order valence-corrected chi connectivity index (χ3v) is 2.31. The number of carbonyl (C=O) groups is 1. The number of esters is 1. The molecule has 0 saturated carbocycles. The van der Waals surface area contributed by atoms with Gasteiger partial charge in [0.05, 0.1) is 17.9 Å². The molecule has 0 aliphatic heterocycles. The summed E-state index contributed by atoms with van der Waals surface area (Å²) < 4.78 is 11.1. The lowest BCUT2D eigenvalue weighted by molar-refractivity contribution is -0.158. The summed E-state index contributed by atoms with van der Waals surface area (Å²) in [5.74, 6) is -0.317. The first-order valence-corrected chi connectivity index (χ1v) is 6.83. The van der Waals surface area contributed by atoms with Gasteiger partial charge in [-0.2, -0.15) is 0 Å². The molecule has 2 N–H and O–H groups in total. The smallest absolute Gasteiger partial charge is 0.331 e. The number of rotatable bonds is 5. The Morgan fingerprint density at radius 1 is 1.25 bits per heavy atom. The molecule has 0 aromatic carbocycles. The summed E-state index contributed by atoms with van der Waals surface area (Å²) in [6.45, 7) is 11.7. The van der Waals surface area contributed by atoms with Crippen LogP contribution in [0.5, 0.6) is 0 Å². The fourth-order valence-corrected chi connectivity index (χ4v) is 1.49. The van der Waals surface area contributed by atoms with Gasteiger partial charge in [0.15, 0.2) is 0 Å². The highest BCUT2D eigenvalue weighted by atomic mass is 16.6. The van der Waals surface area contributed by atoms with Crippen molar-refractivity contribution < 1.29 is 14.3 Å². The number of H-pyrrole nitrogens is 1. The number of carbonyl (C=O) groups excluding carboxylic acids is 1. The number of aromatic nitrogens is 1. The summed E-state index contributed by atoms with van der Waals surface area (Å²) in [4.78, 5) is 15.2. The van der Waals surface area contributed by atoms with Crippen LogP contribution in [-0.2, 0) is 14.3 Å². The molecule has 0 aliphatic carbocycles. The Hall–Kier alpha value is -1.49. The molecule has 1 aromatic heterocycles. The van der Waals surface area contributed by atoms with Crippen molar-refractivity contribution in [3.8, 4) is 0 Å². The Balaban J connectivity index is 2.70. The summed E-state index contributed by atoms with van der Waals surface area (Å²) in [5, 5.41) is 3.12. The van der Waals surface area contributed by atoms with Crippen molar-refractivity contribution in [3.63, 3.8) is 0 Å². The van der Waals surface area contributed by atoms with E-state index in [0.717, 1.165) is 5.69 Å². The summed E-state index contributed by atoms with van der Waals surface area (Å²) in [6.07, 6.45) is 3.58. The van der Waals surface area contributed by atoms with Crippen LogP contribution >= 0.6 is 0 Å². The first-order valence-electron chi connectivity index (χ1n) is 6.83. The largest absolute Gasteiger partial charge is 0.458 e. The van der Waals surface area contributed by atoms with Crippen LogP contribution in [0.2, 0.25) is 0 Å². The van der Waals surface area contributed by atoms with Crippen LogP contribution in [0.1, 0.15) is 41.5 Å². The Labute approximate surface area is 121 Å². The second-order valence-corrected chi connectivity index (χ2v) is 6.75. The molecule has 20 heavy (non-hydrogen) atoms. The lowest BCUT2D eigenvalue weighted by Crippen LogP contribution is -2.41. The van der Waals surface area contributed by atoms with Crippen molar-refractivity contribution >= 4 is 11.7 Å². The van der Waals surface area contributed by atoms with E-state index < -0.39 is 11.6 Å². The monoisotopic (exact) mass is 282 g/mol.